The van der Waals surface area contributed by atoms with Crippen molar-refractivity contribution >= 4 is 5.78 Å². The molecule has 2 heteroatoms. The fourth-order valence-electron chi connectivity index (χ4n) is 2.13. The summed E-state index contributed by atoms with van der Waals surface area (Å²) in [6.45, 7) is 10.7. The molecule has 0 aliphatic carbocycles. The SMILES string of the molecule is CCCC(=O)c1c(C)cc(OCC)c(C)c1C. The van der Waals surface area contributed by atoms with Gasteiger partial charge in [-0.1, -0.05) is 6.92 Å². The molecule has 0 spiro atoms. The zero-order valence-electron chi connectivity index (χ0n) is 11.5. The molecule has 0 N–H and O–H groups in total. The standard InChI is InChI=1S/C15H22O2/c1-6-8-13(16)15-10(3)9-14(17-7-2)11(4)12(15)5/h9H,6-8H2,1-5H3. The molecule has 0 aromatic heterocycles. The van der Waals surface area contributed by atoms with Gasteiger partial charge >= 0.3 is 0 Å². The first-order chi connectivity index (χ1) is 8.02. The number of carbonyl (C=O) groups is 1. The second-order valence-corrected chi connectivity index (χ2v) is 4.42. The van der Waals surface area contributed by atoms with Crippen molar-refractivity contribution in [3.8, 4) is 5.75 Å². The molecule has 0 atom stereocenters. The van der Waals surface area contributed by atoms with Crippen LogP contribution in [0.15, 0.2) is 6.07 Å². The largest absolute Gasteiger partial charge is 0.494 e. The maximum Gasteiger partial charge on any atom is 0.163 e. The zero-order valence-corrected chi connectivity index (χ0v) is 11.5. The van der Waals surface area contributed by atoms with Gasteiger partial charge in [-0.25, -0.2) is 0 Å². The molecule has 1 rings (SSSR count). The summed E-state index contributed by atoms with van der Waals surface area (Å²) in [4.78, 5) is 12.1. The van der Waals surface area contributed by atoms with Crippen LogP contribution < -0.4 is 4.74 Å². The fraction of sp³-hybridized carbons (Fsp3) is 0.533. The van der Waals surface area contributed by atoms with Crippen molar-refractivity contribution < 1.29 is 9.53 Å². The third kappa shape index (κ3) is 2.87. The predicted molar refractivity (Wildman–Crippen MR) is 71.1 cm³/mol. The molecule has 1 aromatic carbocycles. The van der Waals surface area contributed by atoms with Crippen molar-refractivity contribution in [1.82, 2.24) is 0 Å². The second-order valence-electron chi connectivity index (χ2n) is 4.42. The van der Waals surface area contributed by atoms with Crippen LogP contribution in [-0.4, -0.2) is 12.4 Å². The van der Waals surface area contributed by atoms with Crippen molar-refractivity contribution in [3.63, 3.8) is 0 Å². The maximum absolute atomic E-state index is 12.1. The van der Waals surface area contributed by atoms with E-state index in [-0.39, 0.29) is 5.78 Å². The van der Waals surface area contributed by atoms with Crippen molar-refractivity contribution in [2.24, 2.45) is 0 Å². The summed E-state index contributed by atoms with van der Waals surface area (Å²) in [5.41, 5.74) is 4.05. The second kappa shape index (κ2) is 5.85. The number of ketones is 1. The summed E-state index contributed by atoms with van der Waals surface area (Å²) in [6.07, 6.45) is 1.51. The zero-order chi connectivity index (χ0) is 13.0. The molecule has 0 saturated heterocycles. The van der Waals surface area contributed by atoms with E-state index in [1.807, 2.05) is 40.7 Å². The van der Waals surface area contributed by atoms with E-state index in [2.05, 4.69) is 0 Å². The third-order valence-electron chi connectivity index (χ3n) is 3.10. The minimum absolute atomic E-state index is 0.244. The van der Waals surface area contributed by atoms with E-state index in [4.69, 9.17) is 4.74 Å². The highest BCUT2D eigenvalue weighted by Crippen LogP contribution is 2.28. The molecule has 17 heavy (non-hydrogen) atoms. The summed E-state index contributed by atoms with van der Waals surface area (Å²) in [6, 6.07) is 1.98. The van der Waals surface area contributed by atoms with Crippen LogP contribution in [0.4, 0.5) is 0 Å². The number of benzene rings is 1. The summed E-state index contributed by atoms with van der Waals surface area (Å²) in [7, 11) is 0. The van der Waals surface area contributed by atoms with Crippen molar-refractivity contribution in [3.05, 3.63) is 28.3 Å². The van der Waals surface area contributed by atoms with Gasteiger partial charge in [0.05, 0.1) is 6.61 Å². The Hall–Kier alpha value is -1.31. The van der Waals surface area contributed by atoms with Crippen LogP contribution in [0, 0.1) is 20.8 Å². The number of carbonyl (C=O) groups excluding carboxylic acids is 1. The number of ether oxygens (including phenoxy) is 1. The van der Waals surface area contributed by atoms with E-state index in [0.29, 0.717) is 13.0 Å². The number of rotatable bonds is 5. The van der Waals surface area contributed by atoms with E-state index < -0.39 is 0 Å². The number of hydrogen-bond donors (Lipinski definition) is 0. The van der Waals surface area contributed by atoms with Crippen LogP contribution in [-0.2, 0) is 0 Å². The molecular formula is C15H22O2. The van der Waals surface area contributed by atoms with E-state index in [0.717, 1.165) is 34.4 Å². The van der Waals surface area contributed by atoms with Crippen LogP contribution in [0.1, 0.15) is 53.7 Å². The lowest BCUT2D eigenvalue weighted by atomic mass is 9.93. The van der Waals surface area contributed by atoms with E-state index in [1.54, 1.807) is 0 Å². The predicted octanol–water partition coefficient (Wildman–Crippen LogP) is 3.99. The Labute approximate surface area is 104 Å². The summed E-state index contributed by atoms with van der Waals surface area (Å²) in [5, 5.41) is 0. The third-order valence-corrected chi connectivity index (χ3v) is 3.10. The van der Waals surface area contributed by atoms with Gasteiger partial charge in [-0.05, 0) is 56.9 Å². The van der Waals surface area contributed by atoms with E-state index in [9.17, 15) is 4.79 Å². The van der Waals surface area contributed by atoms with E-state index in [1.165, 1.54) is 0 Å². The van der Waals surface area contributed by atoms with Gasteiger partial charge < -0.3 is 4.74 Å². The first-order valence-corrected chi connectivity index (χ1v) is 6.29. The van der Waals surface area contributed by atoms with Crippen molar-refractivity contribution in [2.75, 3.05) is 6.61 Å². The van der Waals surface area contributed by atoms with Gasteiger partial charge in [-0.3, -0.25) is 4.79 Å². The molecule has 0 amide bonds. The number of hydrogen-bond acceptors (Lipinski definition) is 2. The lowest BCUT2D eigenvalue weighted by molar-refractivity contribution is 0.0980. The van der Waals surface area contributed by atoms with Crippen LogP contribution in [0.3, 0.4) is 0 Å². The van der Waals surface area contributed by atoms with Gasteiger partial charge in [0.25, 0.3) is 0 Å². The maximum atomic E-state index is 12.1. The lowest BCUT2D eigenvalue weighted by Crippen LogP contribution is -2.07. The molecule has 0 fully saturated rings. The van der Waals surface area contributed by atoms with Gasteiger partial charge in [0.2, 0.25) is 0 Å². The number of Topliss-reactive ketones (excluding diaryl/α,β-unsaturated/α-hetero) is 1. The summed E-state index contributed by atoms with van der Waals surface area (Å²) >= 11 is 0. The molecule has 0 radical (unpaired) electrons. The highest BCUT2D eigenvalue weighted by atomic mass is 16.5. The molecule has 94 valence electrons. The lowest BCUT2D eigenvalue weighted by Gasteiger charge is -2.15. The molecule has 0 saturated carbocycles. The molecule has 0 aliphatic rings. The molecule has 0 aliphatic heterocycles. The van der Waals surface area contributed by atoms with Crippen LogP contribution in [0.5, 0.6) is 5.75 Å². The Morgan fingerprint density at radius 2 is 1.82 bits per heavy atom. The summed E-state index contributed by atoms with van der Waals surface area (Å²) in [5.74, 6) is 1.14. The Kier molecular flexibility index (Phi) is 4.73. The van der Waals surface area contributed by atoms with Gasteiger partial charge in [-0.2, -0.15) is 0 Å². The van der Waals surface area contributed by atoms with Gasteiger partial charge in [0.15, 0.2) is 5.78 Å². The molecule has 0 bridgehead atoms. The average molecular weight is 234 g/mol. The number of aryl methyl sites for hydroxylation is 1. The quantitative estimate of drug-likeness (QED) is 0.720. The molecule has 1 aromatic rings. The Morgan fingerprint density at radius 3 is 2.35 bits per heavy atom. The van der Waals surface area contributed by atoms with Gasteiger partial charge in [0, 0.05) is 12.0 Å². The van der Waals surface area contributed by atoms with E-state index >= 15 is 0 Å². The highest BCUT2D eigenvalue weighted by Gasteiger charge is 2.16. The highest BCUT2D eigenvalue weighted by molar-refractivity contribution is 5.99. The van der Waals surface area contributed by atoms with Crippen LogP contribution in [0.25, 0.3) is 0 Å². The molecule has 0 heterocycles. The minimum atomic E-state index is 0.244. The van der Waals surface area contributed by atoms with Crippen molar-refractivity contribution in [1.29, 1.82) is 0 Å². The van der Waals surface area contributed by atoms with Crippen LogP contribution >= 0.6 is 0 Å². The smallest absolute Gasteiger partial charge is 0.163 e. The fourth-order valence-corrected chi connectivity index (χ4v) is 2.13. The molecule has 0 unspecified atom stereocenters. The first kappa shape index (κ1) is 13.8. The first-order valence-electron chi connectivity index (χ1n) is 6.29. The minimum Gasteiger partial charge on any atom is -0.494 e. The van der Waals surface area contributed by atoms with Gasteiger partial charge in [-0.15, -0.1) is 0 Å². The van der Waals surface area contributed by atoms with Gasteiger partial charge in [0.1, 0.15) is 5.75 Å². The normalized spacial score (nSPS) is 10.4. The Bertz CT molecular complexity index is 419. The topological polar surface area (TPSA) is 26.3 Å². The molecule has 2 nitrogen and oxygen atoms in total. The Morgan fingerprint density at radius 1 is 1.18 bits per heavy atom. The average Bonchev–Trinajstić information content (AvgIpc) is 2.26. The summed E-state index contributed by atoms with van der Waals surface area (Å²) < 4.78 is 5.58. The molecular weight excluding hydrogens is 212 g/mol. The van der Waals surface area contributed by atoms with Crippen LogP contribution in [0.2, 0.25) is 0 Å². The van der Waals surface area contributed by atoms with Crippen molar-refractivity contribution in [2.45, 2.75) is 47.5 Å². The Balaban J connectivity index is 3.25. The monoisotopic (exact) mass is 234 g/mol.